The van der Waals surface area contributed by atoms with E-state index in [1.54, 1.807) is 12.1 Å². The highest BCUT2D eigenvalue weighted by Crippen LogP contribution is 2.32. The molecule has 0 heterocycles. The molecule has 1 aromatic rings. The van der Waals surface area contributed by atoms with Gasteiger partial charge >= 0.3 is 0 Å². The first-order chi connectivity index (χ1) is 9.24. The summed E-state index contributed by atoms with van der Waals surface area (Å²) in [6.45, 7) is 0.494. The molecule has 0 radical (unpaired) electrons. The highest BCUT2D eigenvalue weighted by molar-refractivity contribution is 5.52. The molecule has 2 saturated carbocycles. The maximum Gasteiger partial charge on any atom is 0.201 e. The molecular formula is C16H18F2O. The van der Waals surface area contributed by atoms with Crippen LogP contribution in [0.4, 0.5) is 8.78 Å². The average molecular weight is 264 g/mol. The fourth-order valence-electron chi connectivity index (χ4n) is 2.18. The van der Waals surface area contributed by atoms with Crippen LogP contribution < -0.4 is 4.74 Å². The van der Waals surface area contributed by atoms with Crippen LogP contribution >= 0.6 is 0 Å². The molecule has 19 heavy (non-hydrogen) atoms. The van der Waals surface area contributed by atoms with E-state index in [4.69, 9.17) is 4.74 Å². The van der Waals surface area contributed by atoms with Crippen LogP contribution in [0.2, 0.25) is 0 Å². The van der Waals surface area contributed by atoms with Gasteiger partial charge < -0.3 is 4.74 Å². The SMILES string of the molecule is Fc1c(/C=C/C2CC2)ccc(OCC2CCC2)c1F. The summed E-state index contributed by atoms with van der Waals surface area (Å²) >= 11 is 0. The summed E-state index contributed by atoms with van der Waals surface area (Å²) in [6, 6.07) is 3.12. The zero-order valence-electron chi connectivity index (χ0n) is 10.9. The van der Waals surface area contributed by atoms with E-state index >= 15 is 0 Å². The zero-order valence-corrected chi connectivity index (χ0v) is 10.9. The minimum Gasteiger partial charge on any atom is -0.490 e. The molecule has 0 unspecified atom stereocenters. The Balaban J connectivity index is 1.68. The lowest BCUT2D eigenvalue weighted by Gasteiger charge is -2.25. The molecule has 1 nitrogen and oxygen atoms in total. The first-order valence-electron chi connectivity index (χ1n) is 7.03. The standard InChI is InChI=1S/C16H18F2O/c17-15-13(7-6-11-4-5-11)8-9-14(16(15)18)19-10-12-2-1-3-12/h6-9,11-12H,1-5,10H2/b7-6+. The summed E-state index contributed by atoms with van der Waals surface area (Å²) in [5, 5.41) is 0. The van der Waals surface area contributed by atoms with Gasteiger partial charge in [-0.2, -0.15) is 4.39 Å². The highest BCUT2D eigenvalue weighted by atomic mass is 19.2. The lowest BCUT2D eigenvalue weighted by molar-refractivity contribution is 0.174. The van der Waals surface area contributed by atoms with Gasteiger partial charge in [-0.25, -0.2) is 4.39 Å². The molecule has 0 saturated heterocycles. The highest BCUT2D eigenvalue weighted by Gasteiger charge is 2.21. The quantitative estimate of drug-likeness (QED) is 0.757. The maximum atomic E-state index is 13.8. The van der Waals surface area contributed by atoms with Crippen LogP contribution in [0.15, 0.2) is 18.2 Å². The van der Waals surface area contributed by atoms with E-state index in [-0.39, 0.29) is 5.75 Å². The molecule has 2 aliphatic carbocycles. The van der Waals surface area contributed by atoms with Crippen molar-refractivity contribution in [3.8, 4) is 5.75 Å². The van der Waals surface area contributed by atoms with Gasteiger partial charge in [0.25, 0.3) is 0 Å². The number of hydrogen-bond donors (Lipinski definition) is 0. The zero-order chi connectivity index (χ0) is 13.2. The molecule has 0 bridgehead atoms. The Morgan fingerprint density at radius 3 is 2.53 bits per heavy atom. The maximum absolute atomic E-state index is 13.8. The second-order valence-corrected chi connectivity index (χ2v) is 5.59. The van der Waals surface area contributed by atoms with Crippen LogP contribution in [0.3, 0.4) is 0 Å². The summed E-state index contributed by atoms with van der Waals surface area (Å²) in [4.78, 5) is 0. The molecule has 0 N–H and O–H groups in total. The Labute approximate surface area is 112 Å². The van der Waals surface area contributed by atoms with Crippen molar-refractivity contribution in [1.29, 1.82) is 0 Å². The number of benzene rings is 1. The van der Waals surface area contributed by atoms with Gasteiger partial charge in [-0.1, -0.05) is 18.6 Å². The lowest BCUT2D eigenvalue weighted by Crippen LogP contribution is -2.19. The Morgan fingerprint density at radius 2 is 1.89 bits per heavy atom. The van der Waals surface area contributed by atoms with Gasteiger partial charge in [0.15, 0.2) is 11.6 Å². The smallest absolute Gasteiger partial charge is 0.201 e. The average Bonchev–Trinajstić information content (AvgIpc) is 3.15. The van der Waals surface area contributed by atoms with Crippen molar-refractivity contribution in [3.63, 3.8) is 0 Å². The van der Waals surface area contributed by atoms with E-state index in [9.17, 15) is 8.78 Å². The molecular weight excluding hydrogens is 246 g/mol. The normalized spacial score (nSPS) is 19.7. The largest absolute Gasteiger partial charge is 0.490 e. The number of hydrogen-bond acceptors (Lipinski definition) is 1. The molecule has 2 aliphatic rings. The van der Waals surface area contributed by atoms with Crippen molar-refractivity contribution in [1.82, 2.24) is 0 Å². The van der Waals surface area contributed by atoms with Gasteiger partial charge in [0.05, 0.1) is 6.61 Å². The van der Waals surface area contributed by atoms with Gasteiger partial charge in [0, 0.05) is 5.56 Å². The Bertz CT molecular complexity index is 488. The minimum atomic E-state index is -0.864. The van der Waals surface area contributed by atoms with Crippen molar-refractivity contribution in [2.45, 2.75) is 32.1 Å². The van der Waals surface area contributed by atoms with Crippen molar-refractivity contribution < 1.29 is 13.5 Å². The van der Waals surface area contributed by atoms with Gasteiger partial charge in [-0.05, 0) is 49.7 Å². The van der Waals surface area contributed by atoms with Crippen LogP contribution in [0.5, 0.6) is 5.75 Å². The Hall–Kier alpha value is -1.38. The van der Waals surface area contributed by atoms with Crippen LogP contribution in [0.1, 0.15) is 37.7 Å². The van der Waals surface area contributed by atoms with Crippen molar-refractivity contribution in [2.24, 2.45) is 11.8 Å². The molecule has 0 aliphatic heterocycles. The minimum absolute atomic E-state index is 0.0352. The fraction of sp³-hybridized carbons (Fsp3) is 0.500. The van der Waals surface area contributed by atoms with Crippen molar-refractivity contribution in [2.75, 3.05) is 6.61 Å². The second-order valence-electron chi connectivity index (χ2n) is 5.59. The van der Waals surface area contributed by atoms with Gasteiger partial charge in [0.2, 0.25) is 5.82 Å². The third-order valence-electron chi connectivity index (χ3n) is 3.95. The van der Waals surface area contributed by atoms with Crippen LogP contribution in [-0.2, 0) is 0 Å². The molecule has 3 heteroatoms. The molecule has 2 fully saturated rings. The van der Waals surface area contributed by atoms with E-state index in [1.165, 1.54) is 12.5 Å². The predicted octanol–water partition coefficient (Wildman–Crippen LogP) is 4.57. The number of ether oxygens (including phenoxy) is 1. The summed E-state index contributed by atoms with van der Waals surface area (Å²) in [5.74, 6) is -0.567. The molecule has 0 spiro atoms. The first kappa shape index (κ1) is 12.6. The van der Waals surface area contributed by atoms with E-state index in [2.05, 4.69) is 0 Å². The third-order valence-corrected chi connectivity index (χ3v) is 3.95. The second kappa shape index (κ2) is 5.32. The van der Waals surface area contributed by atoms with Gasteiger partial charge in [-0.15, -0.1) is 0 Å². The number of rotatable bonds is 5. The van der Waals surface area contributed by atoms with Crippen molar-refractivity contribution >= 4 is 6.08 Å². The topological polar surface area (TPSA) is 9.23 Å². The summed E-state index contributed by atoms with van der Waals surface area (Å²) in [7, 11) is 0. The van der Waals surface area contributed by atoms with E-state index in [0.29, 0.717) is 24.0 Å². The van der Waals surface area contributed by atoms with Crippen LogP contribution in [0, 0.1) is 23.5 Å². The van der Waals surface area contributed by atoms with Gasteiger partial charge in [0.1, 0.15) is 0 Å². The third kappa shape index (κ3) is 2.96. The predicted molar refractivity (Wildman–Crippen MR) is 71.0 cm³/mol. The number of allylic oxidation sites excluding steroid dienone is 1. The monoisotopic (exact) mass is 264 g/mol. The first-order valence-corrected chi connectivity index (χ1v) is 7.03. The van der Waals surface area contributed by atoms with Crippen LogP contribution in [-0.4, -0.2) is 6.61 Å². The van der Waals surface area contributed by atoms with E-state index in [0.717, 1.165) is 25.7 Å². The van der Waals surface area contributed by atoms with E-state index in [1.807, 2.05) is 6.08 Å². The molecule has 102 valence electrons. The molecule has 0 atom stereocenters. The summed E-state index contributed by atoms with van der Waals surface area (Å²) < 4.78 is 33.1. The Morgan fingerprint density at radius 1 is 1.11 bits per heavy atom. The lowest BCUT2D eigenvalue weighted by atomic mass is 9.86. The fourth-order valence-corrected chi connectivity index (χ4v) is 2.18. The van der Waals surface area contributed by atoms with Crippen LogP contribution in [0.25, 0.3) is 6.08 Å². The molecule has 1 aromatic carbocycles. The Kier molecular flexibility index (Phi) is 3.54. The molecule has 0 aromatic heterocycles. The molecule has 3 rings (SSSR count). The van der Waals surface area contributed by atoms with Gasteiger partial charge in [-0.3, -0.25) is 0 Å². The van der Waals surface area contributed by atoms with Crippen molar-refractivity contribution in [3.05, 3.63) is 35.4 Å². The molecule has 0 amide bonds. The van der Waals surface area contributed by atoms with E-state index < -0.39 is 11.6 Å². The summed E-state index contributed by atoms with van der Waals surface area (Å²) in [5.41, 5.74) is 0.306. The summed E-state index contributed by atoms with van der Waals surface area (Å²) in [6.07, 6.45) is 9.42. The number of halogens is 2.